The van der Waals surface area contributed by atoms with E-state index in [0.29, 0.717) is 28.8 Å². The third kappa shape index (κ3) is 4.64. The monoisotopic (exact) mass is 455 g/mol. The summed E-state index contributed by atoms with van der Waals surface area (Å²) in [7, 11) is 2.96. The van der Waals surface area contributed by atoms with Gasteiger partial charge >= 0.3 is 5.97 Å². The van der Waals surface area contributed by atoms with Crippen molar-refractivity contribution >= 4 is 33.6 Å². The Morgan fingerprint density at radius 2 is 1.79 bits per heavy atom. The van der Waals surface area contributed by atoms with E-state index >= 15 is 0 Å². The summed E-state index contributed by atoms with van der Waals surface area (Å²) in [5.74, 6) is -1.29. The molecule has 0 saturated heterocycles. The van der Waals surface area contributed by atoms with Crippen LogP contribution in [-0.4, -0.2) is 37.2 Å². The van der Waals surface area contributed by atoms with Gasteiger partial charge in [0.25, 0.3) is 5.78 Å². The summed E-state index contributed by atoms with van der Waals surface area (Å²) < 4.78 is 21.3. The van der Waals surface area contributed by atoms with E-state index in [0.717, 1.165) is 6.92 Å². The number of methoxy groups -OCH3 is 2. The number of carbonyl (C=O) groups excluding carboxylic acids is 3. The molecule has 2 rings (SSSR count). The second-order valence-corrected chi connectivity index (χ2v) is 6.95. The predicted octanol–water partition coefficient (Wildman–Crippen LogP) is 2.54. The molecular weight excluding hydrogens is 434 g/mol. The number of esters is 1. The van der Waals surface area contributed by atoms with Gasteiger partial charge in [-0.25, -0.2) is 0 Å². The third-order valence-corrected chi connectivity index (χ3v) is 4.65. The highest BCUT2D eigenvalue weighted by atomic mass is 79.9. The summed E-state index contributed by atoms with van der Waals surface area (Å²) in [5.41, 5.74) is -1.12. The SMILES string of the molecule is COc1cc(OC)cc(C2(C)OC(NC(=O)CCCBr)=C(OC(C)=O)C2=O)c1. The molecule has 0 aromatic heterocycles. The zero-order chi connectivity index (χ0) is 20.9. The number of ketones is 1. The minimum Gasteiger partial charge on any atom is -0.497 e. The number of carbonyl (C=O) groups is 3. The lowest BCUT2D eigenvalue weighted by atomic mass is 9.91. The van der Waals surface area contributed by atoms with Crippen LogP contribution in [0.15, 0.2) is 29.8 Å². The van der Waals surface area contributed by atoms with Crippen molar-refractivity contribution in [1.29, 1.82) is 0 Å². The lowest BCUT2D eigenvalue weighted by Gasteiger charge is -2.24. The fraction of sp³-hybridized carbons (Fsp3) is 0.421. The Balaban J connectivity index is 2.42. The van der Waals surface area contributed by atoms with E-state index in [9.17, 15) is 14.4 Å². The van der Waals surface area contributed by atoms with Gasteiger partial charge in [-0.15, -0.1) is 0 Å². The number of halogens is 1. The number of ether oxygens (including phenoxy) is 4. The molecule has 1 atom stereocenters. The maximum absolute atomic E-state index is 13.1. The van der Waals surface area contributed by atoms with Gasteiger partial charge in [-0.05, 0) is 25.5 Å². The number of nitrogens with one attached hydrogen (secondary N) is 1. The number of hydrogen-bond acceptors (Lipinski definition) is 7. The zero-order valence-electron chi connectivity index (χ0n) is 16.1. The molecule has 0 saturated carbocycles. The topological polar surface area (TPSA) is 100 Å². The van der Waals surface area contributed by atoms with Crippen molar-refractivity contribution < 1.29 is 33.3 Å². The zero-order valence-corrected chi connectivity index (χ0v) is 17.7. The molecule has 0 fully saturated rings. The molecule has 8 nitrogen and oxygen atoms in total. The minimum atomic E-state index is -1.54. The summed E-state index contributed by atoms with van der Waals surface area (Å²) in [6.45, 7) is 2.68. The smallest absolute Gasteiger partial charge is 0.308 e. The van der Waals surface area contributed by atoms with E-state index in [2.05, 4.69) is 21.2 Å². The van der Waals surface area contributed by atoms with Crippen LogP contribution in [0.2, 0.25) is 0 Å². The van der Waals surface area contributed by atoms with Crippen LogP contribution in [0.1, 0.15) is 32.3 Å². The number of Topliss-reactive ketones (excluding diaryl/α,β-unsaturated/α-hetero) is 1. The summed E-state index contributed by atoms with van der Waals surface area (Å²) in [6.07, 6.45) is 0.809. The van der Waals surface area contributed by atoms with Gasteiger partial charge < -0.3 is 18.9 Å². The molecule has 0 aliphatic carbocycles. The molecule has 152 valence electrons. The van der Waals surface area contributed by atoms with Gasteiger partial charge in [-0.1, -0.05) is 15.9 Å². The second-order valence-electron chi connectivity index (χ2n) is 6.16. The molecule has 1 unspecified atom stereocenters. The lowest BCUT2D eigenvalue weighted by Crippen LogP contribution is -2.32. The van der Waals surface area contributed by atoms with Gasteiger partial charge in [-0.3, -0.25) is 19.7 Å². The summed E-state index contributed by atoms with van der Waals surface area (Å²) >= 11 is 3.25. The molecular formula is C19H22BrNO7. The number of rotatable bonds is 8. The maximum atomic E-state index is 13.1. The number of alkyl halides is 1. The van der Waals surface area contributed by atoms with Crippen molar-refractivity contribution in [3.63, 3.8) is 0 Å². The fourth-order valence-electron chi connectivity index (χ4n) is 2.62. The standard InChI is InChI=1S/C19H22BrNO7/c1-11(22)27-16-17(24)19(2,28-18(16)21-15(23)6-5-7-20)12-8-13(25-3)10-14(9-12)26-4/h8-10H,5-7H2,1-4H3,(H,21,23). The molecule has 1 aromatic rings. The van der Waals surface area contributed by atoms with Crippen LogP contribution in [0.25, 0.3) is 0 Å². The van der Waals surface area contributed by atoms with Crippen LogP contribution < -0.4 is 14.8 Å². The van der Waals surface area contributed by atoms with Crippen molar-refractivity contribution in [2.75, 3.05) is 19.5 Å². The van der Waals surface area contributed by atoms with Gasteiger partial charge in [-0.2, -0.15) is 0 Å². The first-order valence-electron chi connectivity index (χ1n) is 8.51. The van der Waals surface area contributed by atoms with Crippen LogP contribution in [-0.2, 0) is 29.5 Å². The van der Waals surface area contributed by atoms with E-state index < -0.39 is 17.4 Å². The third-order valence-electron chi connectivity index (χ3n) is 4.09. The first-order valence-corrected chi connectivity index (χ1v) is 9.63. The average molecular weight is 456 g/mol. The second kappa shape index (κ2) is 9.09. The van der Waals surface area contributed by atoms with Crippen molar-refractivity contribution in [2.45, 2.75) is 32.3 Å². The largest absolute Gasteiger partial charge is 0.497 e. The highest BCUT2D eigenvalue weighted by Gasteiger charge is 2.50. The highest BCUT2D eigenvalue weighted by molar-refractivity contribution is 9.09. The normalized spacial score (nSPS) is 18.5. The molecule has 1 aliphatic rings. The van der Waals surface area contributed by atoms with E-state index in [1.807, 2.05) is 0 Å². The quantitative estimate of drug-likeness (QED) is 0.474. The minimum absolute atomic E-state index is 0.191. The van der Waals surface area contributed by atoms with E-state index in [1.165, 1.54) is 21.1 Å². The Morgan fingerprint density at radius 3 is 2.29 bits per heavy atom. The Morgan fingerprint density at radius 1 is 1.18 bits per heavy atom. The van der Waals surface area contributed by atoms with E-state index in [1.54, 1.807) is 18.2 Å². The molecule has 0 radical (unpaired) electrons. The van der Waals surface area contributed by atoms with Gasteiger partial charge in [0.15, 0.2) is 5.60 Å². The van der Waals surface area contributed by atoms with Crippen LogP contribution in [0.4, 0.5) is 0 Å². The Bertz CT molecular complexity index is 798. The molecule has 1 N–H and O–H groups in total. The van der Waals surface area contributed by atoms with Crippen molar-refractivity contribution in [3.05, 3.63) is 35.4 Å². The van der Waals surface area contributed by atoms with E-state index in [-0.39, 0.29) is 24.0 Å². The van der Waals surface area contributed by atoms with E-state index in [4.69, 9.17) is 18.9 Å². The molecule has 9 heteroatoms. The first kappa shape index (κ1) is 21.7. The predicted molar refractivity (Wildman–Crippen MR) is 103 cm³/mol. The molecule has 1 aromatic carbocycles. The molecule has 0 spiro atoms. The summed E-state index contributed by atoms with van der Waals surface area (Å²) in [6, 6.07) is 4.87. The van der Waals surface area contributed by atoms with Crippen molar-refractivity contribution in [1.82, 2.24) is 5.32 Å². The van der Waals surface area contributed by atoms with Crippen molar-refractivity contribution in [3.8, 4) is 11.5 Å². The van der Waals surface area contributed by atoms with Crippen LogP contribution >= 0.6 is 15.9 Å². The average Bonchev–Trinajstić information content (AvgIpc) is 2.90. The van der Waals surface area contributed by atoms with Crippen LogP contribution in [0.3, 0.4) is 0 Å². The van der Waals surface area contributed by atoms with Crippen LogP contribution in [0.5, 0.6) is 11.5 Å². The van der Waals surface area contributed by atoms with Gasteiger partial charge in [0.2, 0.25) is 17.5 Å². The first-order chi connectivity index (χ1) is 13.2. The molecule has 1 amide bonds. The Labute approximate surface area is 171 Å². The number of amides is 1. The van der Waals surface area contributed by atoms with Crippen LogP contribution in [0, 0.1) is 0 Å². The highest BCUT2D eigenvalue weighted by Crippen LogP contribution is 2.41. The van der Waals surface area contributed by atoms with Gasteiger partial charge in [0.05, 0.1) is 14.2 Å². The molecule has 28 heavy (non-hydrogen) atoms. The molecule has 0 bridgehead atoms. The Kier molecular flexibility index (Phi) is 7.06. The Hall–Kier alpha value is -2.55. The summed E-state index contributed by atoms with van der Waals surface area (Å²) in [5, 5.41) is 3.17. The molecule has 1 heterocycles. The van der Waals surface area contributed by atoms with Crippen molar-refractivity contribution in [2.24, 2.45) is 0 Å². The van der Waals surface area contributed by atoms with Gasteiger partial charge in [0, 0.05) is 30.3 Å². The van der Waals surface area contributed by atoms with Gasteiger partial charge in [0.1, 0.15) is 11.5 Å². The number of benzene rings is 1. The summed E-state index contributed by atoms with van der Waals surface area (Å²) in [4.78, 5) is 36.6. The molecule has 1 aliphatic heterocycles. The fourth-order valence-corrected chi connectivity index (χ4v) is 2.91. The number of hydrogen-bond donors (Lipinski definition) is 1. The maximum Gasteiger partial charge on any atom is 0.308 e. The lowest BCUT2D eigenvalue weighted by molar-refractivity contribution is -0.142.